The zero-order valence-corrected chi connectivity index (χ0v) is 18.8. The van der Waals surface area contributed by atoms with Crippen molar-refractivity contribution in [2.24, 2.45) is 5.92 Å². The van der Waals surface area contributed by atoms with Gasteiger partial charge in [-0.15, -0.1) is 0 Å². The van der Waals surface area contributed by atoms with Crippen molar-refractivity contribution >= 4 is 34.4 Å². The Balaban J connectivity index is 1.94. The van der Waals surface area contributed by atoms with Crippen LogP contribution in [0.15, 0.2) is 64.4 Å². The van der Waals surface area contributed by atoms with Crippen LogP contribution in [0.3, 0.4) is 0 Å². The number of benzene rings is 2. The minimum atomic E-state index is -0.429. The molecule has 0 aliphatic rings. The number of hydrogen-bond acceptors (Lipinski definition) is 3. The molecule has 0 bridgehead atoms. The highest BCUT2D eigenvalue weighted by Gasteiger charge is 2.19. The summed E-state index contributed by atoms with van der Waals surface area (Å²) in [7, 11) is 0. The van der Waals surface area contributed by atoms with Gasteiger partial charge in [0.15, 0.2) is 11.2 Å². The molecular formula is C23H22Cl2N4O2. The summed E-state index contributed by atoms with van der Waals surface area (Å²) in [5.41, 5.74) is 1.58. The maximum absolute atomic E-state index is 13.4. The summed E-state index contributed by atoms with van der Waals surface area (Å²) in [5, 5.41) is 0.900. The fourth-order valence-corrected chi connectivity index (χ4v) is 4.11. The van der Waals surface area contributed by atoms with Gasteiger partial charge in [-0.1, -0.05) is 73.4 Å². The lowest BCUT2D eigenvalue weighted by atomic mass is 10.2. The smallest absolute Gasteiger partial charge is 0.324 e. The average molecular weight is 457 g/mol. The van der Waals surface area contributed by atoms with Crippen LogP contribution >= 0.6 is 23.2 Å². The lowest BCUT2D eigenvalue weighted by molar-refractivity contribution is 0.529. The molecule has 4 aromatic rings. The molecule has 2 aromatic heterocycles. The largest absolute Gasteiger partial charge is 0.333 e. The van der Waals surface area contributed by atoms with Gasteiger partial charge in [0.1, 0.15) is 0 Å². The van der Waals surface area contributed by atoms with Crippen molar-refractivity contribution in [1.29, 1.82) is 0 Å². The quantitative estimate of drug-likeness (QED) is 0.431. The Kier molecular flexibility index (Phi) is 6.03. The Morgan fingerprint density at radius 1 is 0.968 bits per heavy atom. The third-order valence-corrected chi connectivity index (χ3v) is 5.66. The van der Waals surface area contributed by atoms with Gasteiger partial charge < -0.3 is 4.57 Å². The Labute approximate surface area is 189 Å². The molecule has 0 fully saturated rings. The third-order valence-electron chi connectivity index (χ3n) is 5.07. The van der Waals surface area contributed by atoms with E-state index in [2.05, 4.69) is 18.8 Å². The highest BCUT2D eigenvalue weighted by Crippen LogP contribution is 2.21. The Morgan fingerprint density at radius 2 is 1.71 bits per heavy atom. The van der Waals surface area contributed by atoms with E-state index in [0.717, 1.165) is 5.56 Å². The van der Waals surface area contributed by atoms with Gasteiger partial charge in [-0.2, -0.15) is 0 Å². The first-order chi connectivity index (χ1) is 14.8. The van der Waals surface area contributed by atoms with E-state index in [1.807, 2.05) is 34.9 Å². The predicted octanol–water partition coefficient (Wildman–Crippen LogP) is 4.42. The molecule has 0 amide bonds. The second-order valence-electron chi connectivity index (χ2n) is 7.94. The molecule has 4 rings (SSSR count). The highest BCUT2D eigenvalue weighted by atomic mass is 35.5. The minimum absolute atomic E-state index is 0.0469. The number of rotatable bonds is 6. The van der Waals surface area contributed by atoms with Gasteiger partial charge in [0.05, 0.1) is 19.4 Å². The van der Waals surface area contributed by atoms with Crippen LogP contribution in [0.1, 0.15) is 25.0 Å². The van der Waals surface area contributed by atoms with E-state index >= 15 is 0 Å². The van der Waals surface area contributed by atoms with Crippen molar-refractivity contribution in [2.75, 3.05) is 0 Å². The molecule has 0 unspecified atom stereocenters. The first kappa shape index (κ1) is 21.4. The fraction of sp³-hybridized carbons (Fsp3) is 0.261. The Hall–Kier alpha value is -2.83. The van der Waals surface area contributed by atoms with Crippen molar-refractivity contribution in [2.45, 2.75) is 33.5 Å². The van der Waals surface area contributed by atoms with E-state index in [4.69, 9.17) is 23.2 Å². The van der Waals surface area contributed by atoms with Crippen molar-refractivity contribution in [3.8, 4) is 0 Å². The third kappa shape index (κ3) is 4.31. The molecule has 0 atom stereocenters. The number of imidazole rings is 1. The molecule has 0 aliphatic heterocycles. The van der Waals surface area contributed by atoms with E-state index in [-0.39, 0.29) is 12.1 Å². The summed E-state index contributed by atoms with van der Waals surface area (Å²) in [6.07, 6.45) is 1.63. The van der Waals surface area contributed by atoms with Crippen molar-refractivity contribution in [1.82, 2.24) is 18.7 Å². The first-order valence-corrected chi connectivity index (χ1v) is 10.8. The van der Waals surface area contributed by atoms with E-state index < -0.39 is 5.69 Å². The number of hydrogen-bond donors (Lipinski definition) is 0. The number of nitrogens with zero attached hydrogens (tertiary/aromatic N) is 4. The molecule has 8 heteroatoms. The molecule has 2 heterocycles. The van der Waals surface area contributed by atoms with Crippen molar-refractivity contribution in [3.05, 3.63) is 96.9 Å². The van der Waals surface area contributed by atoms with E-state index in [1.54, 1.807) is 29.1 Å². The minimum Gasteiger partial charge on any atom is -0.324 e. The van der Waals surface area contributed by atoms with Crippen LogP contribution in [0.25, 0.3) is 11.2 Å². The van der Waals surface area contributed by atoms with Crippen molar-refractivity contribution < 1.29 is 0 Å². The lowest BCUT2D eigenvalue weighted by Crippen LogP contribution is -2.41. The van der Waals surface area contributed by atoms with E-state index in [1.165, 1.54) is 4.57 Å². The topological polar surface area (TPSA) is 61.8 Å². The molecule has 0 saturated heterocycles. The van der Waals surface area contributed by atoms with E-state index in [0.29, 0.717) is 45.8 Å². The summed E-state index contributed by atoms with van der Waals surface area (Å²) in [4.78, 5) is 31.3. The molecule has 2 aromatic carbocycles. The molecule has 0 spiro atoms. The molecule has 160 valence electrons. The Bertz CT molecular complexity index is 1350. The number of fused-ring (bicyclic) bond motifs is 1. The van der Waals surface area contributed by atoms with Crippen LogP contribution in [0.5, 0.6) is 0 Å². The number of halogens is 2. The highest BCUT2D eigenvalue weighted by molar-refractivity contribution is 6.35. The van der Waals surface area contributed by atoms with Crippen LogP contribution in [0.2, 0.25) is 10.0 Å². The van der Waals surface area contributed by atoms with Crippen LogP contribution < -0.4 is 11.2 Å². The Morgan fingerprint density at radius 3 is 2.39 bits per heavy atom. The standard InChI is InChI=1S/C23H22Cl2N4O2/c1-15(2)11-27-14-26-21-20(27)22(30)29(13-17-8-9-18(24)10-19(17)25)23(31)28(21)12-16-6-4-3-5-7-16/h3-10,14-15H,11-13H2,1-2H3. The zero-order valence-electron chi connectivity index (χ0n) is 17.3. The fourth-order valence-electron chi connectivity index (χ4n) is 3.64. The summed E-state index contributed by atoms with van der Waals surface area (Å²) in [6, 6.07) is 14.7. The molecule has 0 N–H and O–H groups in total. The van der Waals surface area contributed by atoms with Gasteiger partial charge in [0.25, 0.3) is 5.56 Å². The van der Waals surface area contributed by atoms with Crippen molar-refractivity contribution in [3.63, 3.8) is 0 Å². The predicted molar refractivity (Wildman–Crippen MR) is 124 cm³/mol. The molecule has 31 heavy (non-hydrogen) atoms. The lowest BCUT2D eigenvalue weighted by Gasteiger charge is -2.14. The second-order valence-corrected chi connectivity index (χ2v) is 8.79. The average Bonchev–Trinajstić information content (AvgIpc) is 3.13. The summed E-state index contributed by atoms with van der Waals surface area (Å²) in [6.45, 7) is 5.11. The molecule has 0 saturated carbocycles. The van der Waals surface area contributed by atoms with Gasteiger partial charge in [0, 0.05) is 16.6 Å². The van der Waals surface area contributed by atoms with Crippen LogP contribution in [0, 0.1) is 5.92 Å². The second kappa shape index (κ2) is 8.73. The normalized spacial score (nSPS) is 11.5. The van der Waals surface area contributed by atoms with Crippen LogP contribution in [-0.4, -0.2) is 18.7 Å². The van der Waals surface area contributed by atoms with Gasteiger partial charge in [-0.3, -0.25) is 13.9 Å². The van der Waals surface area contributed by atoms with Gasteiger partial charge >= 0.3 is 5.69 Å². The molecule has 6 nitrogen and oxygen atoms in total. The van der Waals surface area contributed by atoms with Crippen LogP contribution in [-0.2, 0) is 19.6 Å². The number of aromatic nitrogens is 4. The maximum Gasteiger partial charge on any atom is 0.333 e. The van der Waals surface area contributed by atoms with Gasteiger partial charge in [-0.05, 0) is 29.2 Å². The summed E-state index contributed by atoms with van der Waals surface area (Å²) in [5.74, 6) is 0.311. The maximum atomic E-state index is 13.4. The van der Waals surface area contributed by atoms with Gasteiger partial charge in [-0.25, -0.2) is 9.78 Å². The summed E-state index contributed by atoms with van der Waals surface area (Å²) < 4.78 is 4.59. The van der Waals surface area contributed by atoms with Gasteiger partial charge in [0.2, 0.25) is 0 Å². The SMILES string of the molecule is CC(C)Cn1cnc2c1c(=O)n(Cc1ccc(Cl)cc1Cl)c(=O)n2Cc1ccccc1. The van der Waals surface area contributed by atoms with E-state index in [9.17, 15) is 9.59 Å². The summed E-state index contributed by atoms with van der Waals surface area (Å²) >= 11 is 12.3. The first-order valence-electron chi connectivity index (χ1n) is 10.0. The zero-order chi connectivity index (χ0) is 22.1. The molecule has 0 radical (unpaired) electrons. The van der Waals surface area contributed by atoms with Crippen LogP contribution in [0.4, 0.5) is 0 Å². The molecular weight excluding hydrogens is 435 g/mol. The molecule has 0 aliphatic carbocycles. The monoisotopic (exact) mass is 456 g/mol.